The molecule has 0 fully saturated rings. The Morgan fingerprint density at radius 2 is 1.78 bits per heavy atom. The Morgan fingerprint density at radius 1 is 1.11 bits per heavy atom. The zero-order valence-corrected chi connectivity index (χ0v) is 10.2. The molecule has 0 saturated heterocycles. The third kappa shape index (κ3) is 2.69. The van der Waals surface area contributed by atoms with Crippen LogP contribution >= 0.6 is 0 Å². The van der Waals surface area contributed by atoms with Crippen molar-refractivity contribution in [2.45, 2.75) is 13.5 Å². The number of para-hydroxylation sites is 1. The van der Waals surface area contributed by atoms with Crippen molar-refractivity contribution in [3.63, 3.8) is 0 Å². The fraction of sp³-hybridized carbons (Fsp3) is 0.133. The molecule has 0 spiro atoms. The number of nitrogens with one attached hydrogen (secondary N) is 1. The minimum Gasteiger partial charge on any atom is -0.478 e. The molecular weight excluding hydrogens is 226 g/mol. The van der Waals surface area contributed by atoms with E-state index in [0.717, 1.165) is 5.56 Å². The van der Waals surface area contributed by atoms with Crippen LogP contribution in [0.25, 0.3) is 0 Å². The third-order valence-corrected chi connectivity index (χ3v) is 2.89. The van der Waals surface area contributed by atoms with Gasteiger partial charge in [-0.3, -0.25) is 0 Å². The van der Waals surface area contributed by atoms with Crippen LogP contribution in [0.1, 0.15) is 21.5 Å². The molecule has 0 saturated carbocycles. The van der Waals surface area contributed by atoms with E-state index in [4.69, 9.17) is 5.11 Å². The molecule has 92 valence electrons. The van der Waals surface area contributed by atoms with Crippen LogP contribution in [0, 0.1) is 6.92 Å². The number of carboxylic acid groups (broad SMARTS) is 1. The standard InChI is InChI=1S/C15H15NO2/c1-11-6-2-3-7-12(11)10-16-14-9-5-4-8-13(14)15(17)18/h2-9,16H,10H2,1H3,(H,17,18). The predicted octanol–water partition coefficient (Wildman–Crippen LogP) is 3.31. The van der Waals surface area contributed by atoms with Gasteiger partial charge >= 0.3 is 5.97 Å². The van der Waals surface area contributed by atoms with E-state index in [-0.39, 0.29) is 0 Å². The lowest BCUT2D eigenvalue weighted by atomic mass is 10.1. The van der Waals surface area contributed by atoms with Gasteiger partial charge in [0.2, 0.25) is 0 Å². The largest absolute Gasteiger partial charge is 0.478 e. The second-order valence-corrected chi connectivity index (χ2v) is 4.13. The van der Waals surface area contributed by atoms with Crippen LogP contribution < -0.4 is 5.32 Å². The molecule has 0 radical (unpaired) electrons. The summed E-state index contributed by atoms with van der Waals surface area (Å²) in [5, 5.41) is 12.2. The molecule has 0 amide bonds. The molecule has 3 nitrogen and oxygen atoms in total. The molecule has 0 unspecified atom stereocenters. The number of carbonyl (C=O) groups is 1. The highest BCUT2D eigenvalue weighted by Crippen LogP contribution is 2.17. The van der Waals surface area contributed by atoms with Crippen LogP contribution in [0.5, 0.6) is 0 Å². The summed E-state index contributed by atoms with van der Waals surface area (Å²) in [5.41, 5.74) is 3.30. The van der Waals surface area contributed by atoms with Crippen molar-refractivity contribution in [3.8, 4) is 0 Å². The molecule has 2 rings (SSSR count). The minimum absolute atomic E-state index is 0.297. The molecule has 0 bridgehead atoms. The van der Waals surface area contributed by atoms with Gasteiger partial charge in [-0.1, -0.05) is 36.4 Å². The summed E-state index contributed by atoms with van der Waals surface area (Å²) in [6.45, 7) is 2.66. The lowest BCUT2D eigenvalue weighted by Crippen LogP contribution is -2.06. The number of rotatable bonds is 4. The fourth-order valence-electron chi connectivity index (χ4n) is 1.82. The first-order valence-corrected chi connectivity index (χ1v) is 5.79. The normalized spacial score (nSPS) is 10.1. The maximum Gasteiger partial charge on any atom is 0.337 e. The van der Waals surface area contributed by atoms with Gasteiger partial charge in [-0.2, -0.15) is 0 Å². The van der Waals surface area contributed by atoms with E-state index in [1.54, 1.807) is 18.2 Å². The van der Waals surface area contributed by atoms with Gasteiger partial charge in [-0.05, 0) is 30.2 Å². The number of hydrogen-bond acceptors (Lipinski definition) is 2. The van der Waals surface area contributed by atoms with E-state index >= 15 is 0 Å². The van der Waals surface area contributed by atoms with Gasteiger partial charge in [0.1, 0.15) is 0 Å². The first-order valence-electron chi connectivity index (χ1n) is 5.79. The summed E-state index contributed by atoms with van der Waals surface area (Å²) in [4.78, 5) is 11.1. The molecule has 0 heterocycles. The van der Waals surface area contributed by atoms with Gasteiger partial charge in [0.15, 0.2) is 0 Å². The maximum atomic E-state index is 11.1. The topological polar surface area (TPSA) is 49.3 Å². The van der Waals surface area contributed by atoms with Gasteiger partial charge in [0, 0.05) is 12.2 Å². The second kappa shape index (κ2) is 5.36. The monoisotopic (exact) mass is 241 g/mol. The van der Waals surface area contributed by atoms with E-state index in [0.29, 0.717) is 17.8 Å². The second-order valence-electron chi connectivity index (χ2n) is 4.13. The molecule has 0 aliphatic carbocycles. The Balaban J connectivity index is 2.16. The van der Waals surface area contributed by atoms with E-state index in [9.17, 15) is 4.79 Å². The summed E-state index contributed by atoms with van der Waals surface area (Å²) in [7, 11) is 0. The molecule has 2 aromatic rings. The fourth-order valence-corrected chi connectivity index (χ4v) is 1.82. The van der Waals surface area contributed by atoms with Gasteiger partial charge in [0.05, 0.1) is 5.56 Å². The van der Waals surface area contributed by atoms with E-state index < -0.39 is 5.97 Å². The van der Waals surface area contributed by atoms with Crippen LogP contribution in [0.3, 0.4) is 0 Å². The van der Waals surface area contributed by atoms with Crippen LogP contribution in [0.4, 0.5) is 5.69 Å². The number of aromatic carboxylic acids is 1. The van der Waals surface area contributed by atoms with Crippen LogP contribution in [0.2, 0.25) is 0 Å². The number of carboxylic acids is 1. The molecular formula is C15H15NO2. The summed E-state index contributed by atoms with van der Waals surface area (Å²) in [5.74, 6) is -0.914. The number of anilines is 1. The van der Waals surface area contributed by atoms with Gasteiger partial charge < -0.3 is 10.4 Å². The SMILES string of the molecule is Cc1ccccc1CNc1ccccc1C(=O)O. The minimum atomic E-state index is -0.914. The average molecular weight is 241 g/mol. The van der Waals surface area contributed by atoms with Crippen molar-refractivity contribution in [1.82, 2.24) is 0 Å². The Bertz CT molecular complexity index is 564. The zero-order valence-electron chi connectivity index (χ0n) is 10.2. The highest BCUT2D eigenvalue weighted by atomic mass is 16.4. The molecule has 0 aromatic heterocycles. The van der Waals surface area contributed by atoms with Crippen molar-refractivity contribution in [3.05, 3.63) is 65.2 Å². The zero-order chi connectivity index (χ0) is 13.0. The Labute approximate surface area is 106 Å². The van der Waals surface area contributed by atoms with E-state index in [1.807, 2.05) is 37.3 Å². The molecule has 2 N–H and O–H groups in total. The molecule has 0 atom stereocenters. The Hall–Kier alpha value is -2.29. The van der Waals surface area contributed by atoms with Crippen molar-refractivity contribution in [2.24, 2.45) is 0 Å². The Kier molecular flexibility index (Phi) is 3.63. The number of hydrogen-bond donors (Lipinski definition) is 2. The first kappa shape index (κ1) is 12.2. The summed E-state index contributed by atoms with van der Waals surface area (Å²) >= 11 is 0. The highest BCUT2D eigenvalue weighted by molar-refractivity contribution is 5.94. The number of aryl methyl sites for hydroxylation is 1. The molecule has 0 aliphatic heterocycles. The number of benzene rings is 2. The smallest absolute Gasteiger partial charge is 0.337 e. The quantitative estimate of drug-likeness (QED) is 0.863. The van der Waals surface area contributed by atoms with Crippen molar-refractivity contribution >= 4 is 11.7 Å². The highest BCUT2D eigenvalue weighted by Gasteiger charge is 2.08. The van der Waals surface area contributed by atoms with Crippen molar-refractivity contribution < 1.29 is 9.90 Å². The van der Waals surface area contributed by atoms with Crippen LogP contribution in [-0.4, -0.2) is 11.1 Å². The molecule has 0 aliphatic rings. The first-order chi connectivity index (χ1) is 8.68. The van der Waals surface area contributed by atoms with Crippen molar-refractivity contribution in [1.29, 1.82) is 0 Å². The van der Waals surface area contributed by atoms with Gasteiger partial charge in [-0.15, -0.1) is 0 Å². The summed E-state index contributed by atoms with van der Waals surface area (Å²) in [6, 6.07) is 15.0. The predicted molar refractivity (Wildman–Crippen MR) is 71.9 cm³/mol. The summed E-state index contributed by atoms with van der Waals surface area (Å²) < 4.78 is 0. The third-order valence-electron chi connectivity index (χ3n) is 2.89. The average Bonchev–Trinajstić information content (AvgIpc) is 2.38. The van der Waals surface area contributed by atoms with E-state index in [1.165, 1.54) is 5.56 Å². The van der Waals surface area contributed by atoms with Gasteiger partial charge in [0.25, 0.3) is 0 Å². The van der Waals surface area contributed by atoms with Crippen LogP contribution in [0.15, 0.2) is 48.5 Å². The van der Waals surface area contributed by atoms with Gasteiger partial charge in [-0.25, -0.2) is 4.79 Å². The lowest BCUT2D eigenvalue weighted by molar-refractivity contribution is 0.0698. The maximum absolute atomic E-state index is 11.1. The van der Waals surface area contributed by atoms with Crippen LogP contribution in [-0.2, 0) is 6.54 Å². The lowest BCUT2D eigenvalue weighted by Gasteiger charge is -2.11. The van der Waals surface area contributed by atoms with Crippen molar-refractivity contribution in [2.75, 3.05) is 5.32 Å². The van der Waals surface area contributed by atoms with E-state index in [2.05, 4.69) is 5.32 Å². The summed E-state index contributed by atoms with van der Waals surface area (Å²) in [6.07, 6.45) is 0. The molecule has 18 heavy (non-hydrogen) atoms. The molecule has 2 aromatic carbocycles. The molecule has 3 heteroatoms. The Morgan fingerprint density at radius 3 is 2.50 bits per heavy atom.